The van der Waals surface area contributed by atoms with Gasteiger partial charge < -0.3 is 19.5 Å². The van der Waals surface area contributed by atoms with Crippen LogP contribution in [-0.2, 0) is 26.6 Å². The lowest BCUT2D eigenvalue weighted by atomic mass is 9.63. The third-order valence-electron chi connectivity index (χ3n) is 13.3. The molecule has 1 saturated carbocycles. The summed E-state index contributed by atoms with van der Waals surface area (Å²) >= 11 is 6.48. The van der Waals surface area contributed by atoms with Crippen LogP contribution in [0.2, 0.25) is 5.02 Å². The van der Waals surface area contributed by atoms with Gasteiger partial charge in [0.15, 0.2) is 0 Å². The van der Waals surface area contributed by atoms with E-state index in [1.807, 2.05) is 31.2 Å². The number of anilines is 1. The predicted octanol–water partition coefficient (Wildman–Crippen LogP) is 4.63. The Bertz CT molecular complexity index is 1820. The van der Waals surface area contributed by atoms with E-state index in [9.17, 15) is 18.3 Å². The van der Waals surface area contributed by atoms with Gasteiger partial charge in [-0.3, -0.25) is 14.6 Å². The molecule has 0 aromatic heterocycles. The van der Waals surface area contributed by atoms with Crippen molar-refractivity contribution in [3.63, 3.8) is 0 Å². The molecular formula is C40H53ClN4O6S. The monoisotopic (exact) mass is 752 g/mol. The van der Waals surface area contributed by atoms with Gasteiger partial charge in [-0.25, -0.2) is 13.1 Å². The normalized spacial score (nSPS) is 35.9. The second kappa shape index (κ2) is 14.2. The minimum Gasteiger partial charge on any atom is -0.490 e. The van der Waals surface area contributed by atoms with E-state index in [0.29, 0.717) is 51.1 Å². The van der Waals surface area contributed by atoms with E-state index in [-0.39, 0.29) is 28.7 Å². The van der Waals surface area contributed by atoms with Crippen LogP contribution < -0.4 is 14.4 Å². The first-order chi connectivity index (χ1) is 24.9. The van der Waals surface area contributed by atoms with Gasteiger partial charge in [-0.15, -0.1) is 0 Å². The number of aliphatic hydroxyl groups is 1. The van der Waals surface area contributed by atoms with Crippen LogP contribution in [0.4, 0.5) is 5.69 Å². The second-order valence-electron chi connectivity index (χ2n) is 16.5. The van der Waals surface area contributed by atoms with Crippen LogP contribution in [0.25, 0.3) is 0 Å². The molecule has 1 spiro atoms. The maximum atomic E-state index is 13.6. The van der Waals surface area contributed by atoms with Crippen LogP contribution in [0.5, 0.6) is 5.75 Å². The van der Waals surface area contributed by atoms with Gasteiger partial charge in [0.05, 0.1) is 36.4 Å². The van der Waals surface area contributed by atoms with Crippen LogP contribution in [0.15, 0.2) is 48.6 Å². The van der Waals surface area contributed by atoms with Gasteiger partial charge in [-0.05, 0) is 105 Å². The lowest BCUT2D eigenvalue weighted by molar-refractivity contribution is -0.0902. The molecule has 52 heavy (non-hydrogen) atoms. The highest BCUT2D eigenvalue weighted by atomic mass is 35.5. The molecular weight excluding hydrogens is 700 g/mol. The standard InChI is InChI=1S/C40H53ClN4O6S/c1-27-5-3-14-40(47,25-43-15-16-44-17-18-50-23-33(44)22-43)35-10-7-31(35)21-45-24-39(13-4-6-29-19-32(41)9-11-34(29)39)26-51-37-12-8-30(20-36(37)45)38(46)42-52(48,49)28(27)2/h3,8-9,11-12,14,19-20,27-28,31,33,35,47H,4-7,10,13,15-18,21-26H2,1-2H3,(H,42,46)/b14-3+/t27-,28+,31-,33-,35+,39-,40+/m0/s1. The van der Waals surface area contributed by atoms with Crippen molar-refractivity contribution in [1.29, 1.82) is 0 Å². The van der Waals surface area contributed by atoms with E-state index in [2.05, 4.69) is 31.6 Å². The topological polar surface area (TPSA) is 112 Å². The molecule has 2 N–H and O–H groups in total. The number of allylic oxidation sites excluding steroid dienone is 1. The minimum atomic E-state index is -3.98. The van der Waals surface area contributed by atoms with Crippen LogP contribution >= 0.6 is 11.6 Å². The van der Waals surface area contributed by atoms with Gasteiger partial charge in [0.25, 0.3) is 5.91 Å². The zero-order chi connectivity index (χ0) is 36.3. The Morgan fingerprint density at radius 2 is 1.94 bits per heavy atom. The van der Waals surface area contributed by atoms with E-state index >= 15 is 0 Å². The highest BCUT2D eigenvalue weighted by molar-refractivity contribution is 7.90. The van der Waals surface area contributed by atoms with Crippen LogP contribution in [-0.4, -0.2) is 112 Å². The number of halogens is 1. The van der Waals surface area contributed by atoms with Gasteiger partial charge in [0.2, 0.25) is 10.0 Å². The number of fused-ring (bicyclic) bond motifs is 5. The number of hydrogen-bond donors (Lipinski definition) is 2. The Morgan fingerprint density at radius 3 is 2.77 bits per heavy atom. The number of nitrogens with one attached hydrogen (secondary N) is 1. The van der Waals surface area contributed by atoms with Crippen molar-refractivity contribution in [2.24, 2.45) is 17.8 Å². The van der Waals surface area contributed by atoms with Crippen molar-refractivity contribution in [3.05, 3.63) is 70.3 Å². The van der Waals surface area contributed by atoms with Crippen molar-refractivity contribution < 1.29 is 27.8 Å². The van der Waals surface area contributed by atoms with E-state index in [1.165, 1.54) is 11.1 Å². The molecule has 0 radical (unpaired) electrons. The maximum absolute atomic E-state index is 13.6. The molecule has 0 unspecified atom stereocenters. The summed E-state index contributed by atoms with van der Waals surface area (Å²) in [5.74, 6) is -0.0210. The molecule has 2 saturated heterocycles. The van der Waals surface area contributed by atoms with E-state index in [1.54, 1.807) is 19.1 Å². The van der Waals surface area contributed by atoms with E-state index in [4.69, 9.17) is 21.1 Å². The fourth-order valence-corrected chi connectivity index (χ4v) is 11.3. The Balaban J connectivity index is 1.17. The summed E-state index contributed by atoms with van der Waals surface area (Å²) in [6, 6.07) is 11.8. The number of amides is 1. The summed E-state index contributed by atoms with van der Waals surface area (Å²) in [5, 5.41) is 12.7. The van der Waals surface area contributed by atoms with Gasteiger partial charge in [0, 0.05) is 67.9 Å². The van der Waals surface area contributed by atoms with Crippen LogP contribution in [0.1, 0.15) is 67.4 Å². The Labute approximate surface area is 313 Å². The fourth-order valence-electron chi connectivity index (χ4n) is 9.86. The zero-order valence-corrected chi connectivity index (χ0v) is 32.0. The van der Waals surface area contributed by atoms with Crippen molar-refractivity contribution >= 4 is 33.2 Å². The van der Waals surface area contributed by atoms with Crippen molar-refractivity contribution in [2.75, 3.05) is 70.5 Å². The molecule has 2 aromatic carbocycles. The number of carbonyl (C=O) groups excluding carboxylic acids is 1. The number of aryl methyl sites for hydroxylation is 1. The molecule has 2 bridgehead atoms. The van der Waals surface area contributed by atoms with Crippen molar-refractivity contribution in [2.45, 2.75) is 74.7 Å². The molecule has 6 aliphatic rings. The summed E-state index contributed by atoms with van der Waals surface area (Å²) in [7, 11) is -3.98. The van der Waals surface area contributed by atoms with Crippen LogP contribution in [0, 0.1) is 17.8 Å². The predicted molar refractivity (Wildman–Crippen MR) is 203 cm³/mol. The highest BCUT2D eigenvalue weighted by Crippen LogP contribution is 2.48. The first kappa shape index (κ1) is 36.3. The number of piperazine rings is 1. The molecule has 282 valence electrons. The average Bonchev–Trinajstić information content (AvgIpc) is 3.25. The quantitative estimate of drug-likeness (QED) is 0.425. The molecule has 7 atom stereocenters. The molecule has 2 aliphatic carbocycles. The number of hydrogen-bond acceptors (Lipinski definition) is 9. The molecule has 4 aliphatic heterocycles. The number of benzene rings is 2. The Morgan fingerprint density at radius 1 is 1.08 bits per heavy atom. The highest BCUT2D eigenvalue weighted by Gasteiger charge is 2.49. The summed E-state index contributed by atoms with van der Waals surface area (Å²) in [6.07, 6.45) is 9.26. The summed E-state index contributed by atoms with van der Waals surface area (Å²) in [4.78, 5) is 20.9. The molecule has 10 nitrogen and oxygen atoms in total. The zero-order valence-electron chi connectivity index (χ0n) is 30.4. The lowest BCUT2D eigenvalue weighted by Crippen LogP contribution is -2.62. The van der Waals surface area contributed by atoms with Crippen LogP contribution in [0.3, 0.4) is 0 Å². The molecule has 3 fully saturated rings. The molecule has 1 amide bonds. The summed E-state index contributed by atoms with van der Waals surface area (Å²) in [5.41, 5.74) is 2.18. The number of rotatable bonds is 2. The van der Waals surface area contributed by atoms with Crippen molar-refractivity contribution in [1.82, 2.24) is 14.5 Å². The van der Waals surface area contributed by atoms with Gasteiger partial charge in [-0.1, -0.05) is 36.7 Å². The molecule has 4 heterocycles. The fraction of sp³-hybridized carbons (Fsp3) is 0.625. The number of ether oxygens (including phenoxy) is 2. The Hall–Kier alpha value is -2.67. The smallest absolute Gasteiger partial charge is 0.264 e. The van der Waals surface area contributed by atoms with E-state index < -0.39 is 26.8 Å². The maximum Gasteiger partial charge on any atom is 0.264 e. The largest absolute Gasteiger partial charge is 0.490 e. The molecule has 8 rings (SSSR count). The SMILES string of the molecule is C[C@@H]1[C@@H](C)C/C=C/[C@@](O)(CN2CCN3CCOC[C@@H]3C2)[C@@H]2CC[C@H]2CN2C[C@@]3(CCCc4cc(Cl)ccc43)COc3ccc(cc32)C(=O)NS1(=O)=O. The summed E-state index contributed by atoms with van der Waals surface area (Å²) in [6.45, 7) is 11.0. The minimum absolute atomic E-state index is 0.0151. The Kier molecular flexibility index (Phi) is 9.91. The summed E-state index contributed by atoms with van der Waals surface area (Å²) < 4.78 is 42.0. The van der Waals surface area contributed by atoms with Gasteiger partial charge >= 0.3 is 0 Å². The van der Waals surface area contributed by atoms with Gasteiger partial charge in [-0.2, -0.15) is 0 Å². The van der Waals surface area contributed by atoms with Gasteiger partial charge in [0.1, 0.15) is 5.75 Å². The van der Waals surface area contributed by atoms with E-state index in [0.717, 1.165) is 75.6 Å². The second-order valence-corrected chi connectivity index (χ2v) is 19.0. The molecule has 12 heteroatoms. The number of carbonyl (C=O) groups is 1. The number of nitrogens with zero attached hydrogens (tertiary/aromatic N) is 3. The molecule has 2 aromatic rings. The first-order valence-corrected chi connectivity index (χ1v) is 21.2. The average molecular weight is 753 g/mol. The first-order valence-electron chi connectivity index (χ1n) is 19.2. The number of β-amino-alcohol motifs (C(OH)–C–C–N with tert-alkyl or cyclic N) is 1. The number of morpholine rings is 1. The third-order valence-corrected chi connectivity index (χ3v) is 15.4. The van der Waals surface area contributed by atoms with Crippen molar-refractivity contribution in [3.8, 4) is 5.75 Å². The third kappa shape index (κ3) is 6.90. The number of sulfonamides is 1. The lowest BCUT2D eigenvalue weighted by Gasteiger charge is -2.51.